The lowest BCUT2D eigenvalue weighted by atomic mass is 10.4. The maximum atomic E-state index is 12.0. The highest BCUT2D eigenvalue weighted by Gasteiger charge is 2.21. The fraction of sp³-hybridized carbons (Fsp3) is 0.182. The number of rotatable bonds is 12. The number of aromatic carboxylic acids is 1. The van der Waals surface area contributed by atoms with E-state index in [0.717, 1.165) is 24.3 Å². The maximum Gasteiger partial charge on any atom is 0.383 e. The van der Waals surface area contributed by atoms with Crippen LogP contribution in [0.2, 0.25) is 0 Å². The predicted octanol–water partition coefficient (Wildman–Crippen LogP) is 2.70. The largest absolute Gasteiger partial charge is 0.475 e. The van der Waals surface area contributed by atoms with Crippen molar-refractivity contribution in [2.45, 2.75) is 0 Å². The van der Waals surface area contributed by atoms with Crippen molar-refractivity contribution in [3.05, 3.63) is 71.0 Å². The molecular weight excluding hydrogens is 631 g/mol. The lowest BCUT2D eigenvalue weighted by molar-refractivity contribution is 0.0205. The summed E-state index contributed by atoms with van der Waals surface area (Å²) < 4.78 is 38.6. The first-order valence-electron chi connectivity index (χ1n) is 10.2. The molecule has 3 aromatic heterocycles. The van der Waals surface area contributed by atoms with Crippen molar-refractivity contribution in [2.75, 3.05) is 26.4 Å². The molecule has 16 heteroatoms. The molecule has 1 N–H and O–H groups in total. The highest BCUT2D eigenvalue weighted by atomic mass is 127. The Labute approximate surface area is 225 Å². The summed E-state index contributed by atoms with van der Waals surface area (Å²) in [5, 5.41) is 8.76. The standard InChI is InChI=1S/C22H15IO15/c23-38-22(30)16-6-5-15(37-16)21(29)34-10-9-33-20(28)14-4-3-13(36-14)19(27)32-8-7-31-18(26)12-2-1-11(35-12)17(24)25/h1-6H,7-10H2,(H,24,25). The minimum atomic E-state index is -1.36. The van der Waals surface area contributed by atoms with Crippen molar-refractivity contribution in [3.8, 4) is 0 Å². The van der Waals surface area contributed by atoms with Crippen LogP contribution in [0.1, 0.15) is 63.3 Å². The van der Waals surface area contributed by atoms with Crippen molar-refractivity contribution in [2.24, 2.45) is 0 Å². The van der Waals surface area contributed by atoms with E-state index >= 15 is 0 Å². The van der Waals surface area contributed by atoms with Gasteiger partial charge in [0.25, 0.3) is 0 Å². The van der Waals surface area contributed by atoms with Crippen LogP contribution in [0, 0.1) is 0 Å². The van der Waals surface area contributed by atoms with Gasteiger partial charge in [0, 0.05) is 0 Å². The quantitative estimate of drug-likeness (QED) is 0.130. The summed E-state index contributed by atoms with van der Waals surface area (Å²) in [5.74, 6) is -7.86. The molecule has 0 aliphatic carbocycles. The van der Waals surface area contributed by atoms with Crippen molar-refractivity contribution >= 4 is 58.8 Å². The first kappa shape index (κ1) is 28.0. The second-order valence-corrected chi connectivity index (χ2v) is 7.15. The highest BCUT2D eigenvalue weighted by Crippen LogP contribution is 2.13. The Morgan fingerprint density at radius 1 is 0.526 bits per heavy atom. The summed E-state index contributed by atoms with van der Waals surface area (Å²) in [6.07, 6.45) is 0. The Bertz CT molecular complexity index is 1340. The van der Waals surface area contributed by atoms with Crippen LogP contribution in [0.15, 0.2) is 49.6 Å². The van der Waals surface area contributed by atoms with Crippen LogP contribution < -0.4 is 0 Å². The fourth-order valence-electron chi connectivity index (χ4n) is 2.54. The number of carbonyl (C=O) groups is 6. The number of ether oxygens (including phenoxy) is 4. The molecule has 0 amide bonds. The molecule has 38 heavy (non-hydrogen) atoms. The number of halogens is 1. The number of hydrogen-bond acceptors (Lipinski definition) is 14. The summed E-state index contributed by atoms with van der Waals surface area (Å²) in [6.45, 7) is -1.45. The average Bonchev–Trinajstić information content (AvgIpc) is 3.68. The molecule has 0 bridgehead atoms. The van der Waals surface area contributed by atoms with E-state index in [-0.39, 0.29) is 55.2 Å². The molecule has 0 saturated heterocycles. The fourth-order valence-corrected chi connectivity index (χ4v) is 2.75. The molecule has 0 aliphatic rings. The van der Waals surface area contributed by atoms with Gasteiger partial charge in [-0.05, 0) is 36.4 Å². The zero-order valence-corrected chi connectivity index (χ0v) is 21.0. The Morgan fingerprint density at radius 3 is 1.05 bits per heavy atom. The van der Waals surface area contributed by atoms with Gasteiger partial charge < -0.3 is 40.4 Å². The molecular formula is C22H15IO15. The Balaban J connectivity index is 1.35. The normalized spacial score (nSPS) is 10.3. The van der Waals surface area contributed by atoms with Gasteiger partial charge in [0.2, 0.25) is 34.6 Å². The lowest BCUT2D eigenvalue weighted by Crippen LogP contribution is -2.14. The van der Waals surface area contributed by atoms with Crippen LogP contribution in [0.3, 0.4) is 0 Å². The van der Waals surface area contributed by atoms with E-state index in [9.17, 15) is 28.8 Å². The molecule has 0 unspecified atom stereocenters. The average molecular weight is 646 g/mol. The first-order chi connectivity index (χ1) is 18.2. The molecule has 3 rings (SSSR count). The van der Waals surface area contributed by atoms with Crippen molar-refractivity contribution in [1.29, 1.82) is 0 Å². The minimum absolute atomic E-state index is 0.198. The Hall–Kier alpha value is -4.61. The molecule has 0 spiro atoms. The van der Waals surface area contributed by atoms with Crippen LogP contribution in [-0.4, -0.2) is 67.3 Å². The van der Waals surface area contributed by atoms with Crippen molar-refractivity contribution in [1.82, 2.24) is 0 Å². The third kappa shape index (κ3) is 7.45. The van der Waals surface area contributed by atoms with Crippen LogP contribution >= 0.6 is 23.0 Å². The monoisotopic (exact) mass is 646 g/mol. The topological polar surface area (TPSA) is 208 Å². The van der Waals surface area contributed by atoms with Crippen molar-refractivity contribution in [3.63, 3.8) is 0 Å². The maximum absolute atomic E-state index is 12.0. The number of carbonyl (C=O) groups excluding carboxylic acids is 5. The van der Waals surface area contributed by atoms with Gasteiger partial charge in [-0.2, -0.15) is 0 Å². The molecule has 15 nitrogen and oxygen atoms in total. The van der Waals surface area contributed by atoms with Gasteiger partial charge >= 0.3 is 35.8 Å². The highest BCUT2D eigenvalue weighted by molar-refractivity contribution is 14.1. The summed E-state index contributed by atoms with van der Waals surface area (Å²) in [4.78, 5) is 69.7. The van der Waals surface area contributed by atoms with E-state index in [1.54, 1.807) is 0 Å². The number of carboxylic acid groups (broad SMARTS) is 1. The van der Waals surface area contributed by atoms with Gasteiger partial charge in [-0.3, -0.25) is 0 Å². The van der Waals surface area contributed by atoms with Gasteiger partial charge in [0.1, 0.15) is 26.4 Å². The van der Waals surface area contributed by atoms with E-state index in [4.69, 9.17) is 37.3 Å². The number of furan rings is 3. The summed E-state index contributed by atoms with van der Waals surface area (Å²) in [7, 11) is 0. The third-order valence-electron chi connectivity index (χ3n) is 4.20. The molecule has 0 radical (unpaired) electrons. The van der Waals surface area contributed by atoms with Gasteiger partial charge in [0.05, 0.1) is 0 Å². The SMILES string of the molecule is O=C(O)c1ccc(C(=O)OCCOC(=O)c2ccc(C(=O)OCCOC(=O)c3ccc(C(=O)OI)o3)o2)o1. The Kier molecular flexibility index (Phi) is 9.63. The second-order valence-electron chi connectivity index (χ2n) is 6.71. The van der Waals surface area contributed by atoms with Gasteiger partial charge in [-0.15, -0.1) is 0 Å². The van der Waals surface area contributed by atoms with E-state index in [2.05, 4.69) is 3.07 Å². The number of carboxylic acids is 1. The Morgan fingerprint density at radius 2 is 0.789 bits per heavy atom. The summed E-state index contributed by atoms with van der Waals surface area (Å²) in [5.41, 5.74) is 0. The van der Waals surface area contributed by atoms with Gasteiger partial charge in [-0.1, -0.05) is 0 Å². The first-order valence-corrected chi connectivity index (χ1v) is 11.1. The van der Waals surface area contributed by atoms with E-state index in [1.165, 1.54) is 35.1 Å². The molecule has 3 aromatic rings. The number of esters is 4. The molecule has 0 fully saturated rings. The van der Waals surface area contributed by atoms with Gasteiger partial charge in [-0.25, -0.2) is 28.8 Å². The van der Waals surface area contributed by atoms with Crippen LogP contribution in [-0.2, 0) is 22.0 Å². The summed E-state index contributed by atoms with van der Waals surface area (Å²) in [6, 6.07) is 6.93. The lowest BCUT2D eigenvalue weighted by Gasteiger charge is -2.05. The smallest absolute Gasteiger partial charge is 0.383 e. The van der Waals surface area contributed by atoms with Crippen LogP contribution in [0.5, 0.6) is 0 Å². The van der Waals surface area contributed by atoms with Crippen molar-refractivity contribution < 1.29 is 69.1 Å². The second kappa shape index (κ2) is 13.1. The van der Waals surface area contributed by atoms with E-state index < -0.39 is 41.6 Å². The molecule has 3 heterocycles. The zero-order valence-electron chi connectivity index (χ0n) is 18.8. The molecule has 0 aliphatic heterocycles. The molecule has 200 valence electrons. The molecule has 0 aromatic carbocycles. The number of hydrogen-bond donors (Lipinski definition) is 1. The molecule has 0 saturated carbocycles. The van der Waals surface area contributed by atoms with Crippen LogP contribution in [0.25, 0.3) is 0 Å². The minimum Gasteiger partial charge on any atom is -0.475 e. The molecule has 0 atom stereocenters. The third-order valence-corrected chi connectivity index (χ3v) is 4.60. The zero-order chi connectivity index (χ0) is 27.7. The summed E-state index contributed by atoms with van der Waals surface area (Å²) >= 11 is 1.36. The van der Waals surface area contributed by atoms with Crippen LogP contribution in [0.4, 0.5) is 0 Å². The van der Waals surface area contributed by atoms with Gasteiger partial charge in [0.15, 0.2) is 23.0 Å². The predicted molar refractivity (Wildman–Crippen MR) is 124 cm³/mol. The van der Waals surface area contributed by atoms with E-state index in [0.29, 0.717) is 0 Å². The van der Waals surface area contributed by atoms with E-state index in [1.807, 2.05) is 0 Å².